The number of Topliss-reactive ketones (excluding diaryl/α,β-unsaturated/α-hetero) is 1. The van der Waals surface area contributed by atoms with Crippen molar-refractivity contribution in [3.8, 4) is 0 Å². The molecule has 0 bridgehead atoms. The quantitative estimate of drug-likeness (QED) is 0.504. The Labute approximate surface area is 189 Å². The summed E-state index contributed by atoms with van der Waals surface area (Å²) in [6.45, 7) is 10.8. The van der Waals surface area contributed by atoms with E-state index in [2.05, 4.69) is 54.0 Å². The Morgan fingerprint density at radius 3 is 2.40 bits per heavy atom. The van der Waals surface area contributed by atoms with Crippen LogP contribution in [0.25, 0.3) is 5.57 Å². The Bertz CT molecular complexity index is 909. The van der Waals surface area contributed by atoms with Crippen LogP contribution in [0.1, 0.15) is 50.3 Å². The summed E-state index contributed by atoms with van der Waals surface area (Å²) >= 11 is 3.46. The van der Waals surface area contributed by atoms with E-state index in [-0.39, 0.29) is 5.78 Å². The summed E-state index contributed by atoms with van der Waals surface area (Å²) in [7, 11) is 0. The molecule has 0 N–H and O–H groups in total. The number of carbonyl (C=O) groups is 1. The van der Waals surface area contributed by atoms with Crippen LogP contribution in [0, 0.1) is 0 Å². The second-order valence-corrected chi connectivity index (χ2v) is 10.3. The van der Waals surface area contributed by atoms with Gasteiger partial charge in [-0.2, -0.15) is 0 Å². The highest BCUT2D eigenvalue weighted by Gasteiger charge is 2.32. The molecule has 3 heterocycles. The van der Waals surface area contributed by atoms with Crippen LogP contribution in [0.5, 0.6) is 0 Å². The van der Waals surface area contributed by atoms with Gasteiger partial charge in [0.25, 0.3) is 0 Å². The van der Waals surface area contributed by atoms with Crippen molar-refractivity contribution in [3.05, 3.63) is 57.5 Å². The van der Waals surface area contributed by atoms with Crippen molar-refractivity contribution in [1.82, 2.24) is 4.90 Å². The normalized spacial score (nSPS) is 22.6. The lowest BCUT2D eigenvalue weighted by atomic mass is 10.1. The molecule has 0 amide bonds. The summed E-state index contributed by atoms with van der Waals surface area (Å²) < 4.78 is 0. The van der Waals surface area contributed by atoms with Gasteiger partial charge in [0.15, 0.2) is 5.78 Å². The van der Waals surface area contributed by atoms with Crippen molar-refractivity contribution in [2.75, 3.05) is 37.3 Å². The van der Waals surface area contributed by atoms with Crippen molar-refractivity contribution >= 4 is 39.5 Å². The summed E-state index contributed by atoms with van der Waals surface area (Å²) in [5.74, 6) is 0.0862. The van der Waals surface area contributed by atoms with Crippen LogP contribution in [0.3, 0.4) is 0 Å². The molecule has 0 radical (unpaired) electrons. The second-order valence-electron chi connectivity index (χ2n) is 8.35. The number of likely N-dealkylation sites (tertiary alicyclic amines) is 1. The molecule has 0 spiro atoms. The van der Waals surface area contributed by atoms with Crippen molar-refractivity contribution < 1.29 is 4.79 Å². The van der Waals surface area contributed by atoms with Gasteiger partial charge in [0.2, 0.25) is 0 Å². The van der Waals surface area contributed by atoms with E-state index in [1.807, 2.05) is 0 Å². The molecule has 1 aromatic rings. The van der Waals surface area contributed by atoms with Crippen LogP contribution in [-0.2, 0) is 4.79 Å². The first kappa shape index (κ1) is 21.5. The van der Waals surface area contributed by atoms with Crippen LogP contribution in [-0.4, -0.2) is 43.1 Å². The third-order valence-corrected chi connectivity index (χ3v) is 8.30. The fourth-order valence-electron chi connectivity index (χ4n) is 4.66. The van der Waals surface area contributed by atoms with Gasteiger partial charge >= 0.3 is 0 Å². The van der Waals surface area contributed by atoms with Gasteiger partial charge in [-0.25, -0.2) is 0 Å². The smallest absolute Gasteiger partial charge is 0.194 e. The molecule has 2 aliphatic heterocycles. The van der Waals surface area contributed by atoms with Crippen LogP contribution in [0.4, 0.5) is 5.00 Å². The predicted octanol–water partition coefficient (Wildman–Crippen LogP) is 6.27. The number of ketones is 1. The van der Waals surface area contributed by atoms with Gasteiger partial charge in [-0.05, 0) is 75.5 Å². The fraction of sp³-hybridized carbons (Fsp3) is 0.480. The van der Waals surface area contributed by atoms with Crippen molar-refractivity contribution in [3.63, 3.8) is 0 Å². The number of thioether (sulfide) groups is 1. The van der Waals surface area contributed by atoms with Crippen molar-refractivity contribution in [2.24, 2.45) is 0 Å². The number of rotatable bonds is 5. The van der Waals surface area contributed by atoms with E-state index in [9.17, 15) is 4.79 Å². The molecule has 1 aliphatic carbocycles. The Morgan fingerprint density at radius 2 is 1.73 bits per heavy atom. The molecule has 30 heavy (non-hydrogen) atoms. The Hall–Kier alpha value is -1.72. The third-order valence-electron chi connectivity index (χ3n) is 6.35. The minimum absolute atomic E-state index is 0.0862. The minimum atomic E-state index is 0.0862. The van der Waals surface area contributed by atoms with E-state index < -0.39 is 0 Å². The van der Waals surface area contributed by atoms with Gasteiger partial charge in [0, 0.05) is 58.9 Å². The summed E-state index contributed by atoms with van der Waals surface area (Å²) in [4.78, 5) is 20.3. The third kappa shape index (κ3) is 4.33. The molecule has 3 nitrogen and oxygen atoms in total. The van der Waals surface area contributed by atoms with Crippen LogP contribution in [0.15, 0.2) is 52.6 Å². The lowest BCUT2D eigenvalue weighted by molar-refractivity contribution is -0.111. The first-order valence-electron chi connectivity index (χ1n) is 11.1. The van der Waals surface area contributed by atoms with E-state index >= 15 is 0 Å². The van der Waals surface area contributed by atoms with Crippen molar-refractivity contribution in [1.29, 1.82) is 0 Å². The number of nitrogens with zero attached hydrogens (tertiary/aromatic N) is 2. The maximum Gasteiger partial charge on any atom is 0.194 e. The lowest BCUT2D eigenvalue weighted by Gasteiger charge is -2.27. The fourth-order valence-corrected chi connectivity index (χ4v) is 6.49. The Morgan fingerprint density at radius 1 is 1.07 bits per heavy atom. The van der Waals surface area contributed by atoms with Gasteiger partial charge in [-0.15, -0.1) is 23.1 Å². The van der Waals surface area contributed by atoms with E-state index in [1.54, 1.807) is 23.1 Å². The summed E-state index contributed by atoms with van der Waals surface area (Å²) in [5.41, 5.74) is 3.60. The SMILES string of the molecule is C=C1C(=O)/C(=C(\C=C/N2CCCCC2)SC)C(C)=C1c1ccc(N2CCCCC2)s1. The van der Waals surface area contributed by atoms with E-state index in [1.165, 1.54) is 48.4 Å². The zero-order valence-electron chi connectivity index (χ0n) is 18.2. The standard InChI is InChI=1S/C25H32N2OS2/c1-18-23(21-10-11-22(30-21)27-15-8-5-9-16-27)19(2)25(28)24(18)20(29-3)12-17-26-13-6-4-7-14-26/h10-12,17H,2,4-9,13-16H2,1,3H3/b17-12-,24-20+. The van der Waals surface area contributed by atoms with Gasteiger partial charge in [0.05, 0.1) is 5.00 Å². The minimum Gasteiger partial charge on any atom is -0.377 e. The zero-order valence-corrected chi connectivity index (χ0v) is 19.8. The number of carbonyl (C=O) groups excluding carboxylic acids is 1. The molecule has 1 aromatic heterocycles. The first-order chi connectivity index (χ1) is 14.6. The molecule has 160 valence electrons. The second kappa shape index (κ2) is 9.61. The topological polar surface area (TPSA) is 23.6 Å². The molecular formula is C25H32N2OS2. The maximum atomic E-state index is 13.2. The summed E-state index contributed by atoms with van der Waals surface area (Å²) in [6.07, 6.45) is 14.1. The van der Waals surface area contributed by atoms with Gasteiger partial charge in [0.1, 0.15) is 0 Å². The van der Waals surface area contributed by atoms with Gasteiger partial charge in [-0.1, -0.05) is 6.58 Å². The van der Waals surface area contributed by atoms with E-state index in [0.717, 1.165) is 47.8 Å². The highest BCUT2D eigenvalue weighted by atomic mass is 32.2. The van der Waals surface area contributed by atoms with Crippen LogP contribution < -0.4 is 4.90 Å². The molecule has 0 aromatic carbocycles. The van der Waals surface area contributed by atoms with E-state index in [4.69, 9.17) is 0 Å². The molecule has 0 unspecified atom stereocenters. The molecule has 3 aliphatic rings. The molecule has 0 atom stereocenters. The van der Waals surface area contributed by atoms with E-state index in [0.29, 0.717) is 5.57 Å². The number of hydrogen-bond acceptors (Lipinski definition) is 5. The van der Waals surface area contributed by atoms with Crippen LogP contribution >= 0.6 is 23.1 Å². The summed E-state index contributed by atoms with van der Waals surface area (Å²) in [6, 6.07) is 4.40. The predicted molar refractivity (Wildman–Crippen MR) is 132 cm³/mol. The number of hydrogen-bond donors (Lipinski definition) is 0. The summed E-state index contributed by atoms with van der Waals surface area (Å²) in [5, 5.41) is 1.32. The highest BCUT2D eigenvalue weighted by Crippen LogP contribution is 2.45. The molecule has 0 saturated carbocycles. The molecule has 2 saturated heterocycles. The van der Waals surface area contributed by atoms with Crippen LogP contribution in [0.2, 0.25) is 0 Å². The molecule has 4 rings (SSSR count). The number of allylic oxidation sites excluding steroid dienone is 5. The van der Waals surface area contributed by atoms with Gasteiger partial charge in [-0.3, -0.25) is 4.79 Å². The molecule has 2 fully saturated rings. The van der Waals surface area contributed by atoms with Crippen molar-refractivity contribution in [2.45, 2.75) is 45.4 Å². The Balaban J connectivity index is 1.64. The number of anilines is 1. The molecule has 5 heteroatoms. The Kier molecular flexibility index (Phi) is 6.89. The average molecular weight is 441 g/mol. The number of piperidine rings is 2. The molecular weight excluding hydrogens is 408 g/mol. The lowest BCUT2D eigenvalue weighted by Crippen LogP contribution is -2.28. The first-order valence-corrected chi connectivity index (χ1v) is 13.1. The average Bonchev–Trinajstić information content (AvgIpc) is 3.34. The highest BCUT2D eigenvalue weighted by molar-refractivity contribution is 8.02. The maximum absolute atomic E-state index is 13.2. The largest absolute Gasteiger partial charge is 0.377 e. The number of thiophene rings is 1. The van der Waals surface area contributed by atoms with Gasteiger partial charge < -0.3 is 9.80 Å². The zero-order chi connectivity index (χ0) is 21.1. The monoisotopic (exact) mass is 440 g/mol.